The molecule has 4 heteroatoms. The van der Waals surface area contributed by atoms with Crippen molar-refractivity contribution in [2.45, 2.75) is 13.0 Å². The fraction of sp³-hybridized carbons (Fsp3) is 0.188. The maximum Gasteiger partial charge on any atom is 0.0906 e. The Morgan fingerprint density at radius 3 is 2.65 bits per heavy atom. The number of oxime groups is 1. The molecule has 1 aliphatic heterocycles. The van der Waals surface area contributed by atoms with E-state index < -0.39 is 0 Å². The zero-order valence-corrected chi connectivity index (χ0v) is 12.5. The molecular weight excluding hydrogens is 316 g/mol. The Morgan fingerprint density at radius 2 is 1.85 bits per heavy atom. The van der Waals surface area contributed by atoms with E-state index >= 15 is 0 Å². The first kappa shape index (κ1) is 13.2. The van der Waals surface area contributed by atoms with E-state index in [-0.39, 0.29) is 0 Å². The predicted octanol–water partition coefficient (Wildman–Crippen LogP) is 4.04. The van der Waals surface area contributed by atoms with Crippen molar-refractivity contribution in [1.82, 2.24) is 0 Å². The molecule has 0 fully saturated rings. The largest absolute Gasteiger partial charge is 0.411 e. The summed E-state index contributed by atoms with van der Waals surface area (Å²) in [6.45, 7) is 1.70. The van der Waals surface area contributed by atoms with Gasteiger partial charge in [0.15, 0.2) is 0 Å². The quantitative estimate of drug-likeness (QED) is 0.666. The van der Waals surface area contributed by atoms with Crippen molar-refractivity contribution < 1.29 is 5.21 Å². The second kappa shape index (κ2) is 5.67. The van der Waals surface area contributed by atoms with Crippen molar-refractivity contribution in [3.63, 3.8) is 0 Å². The summed E-state index contributed by atoms with van der Waals surface area (Å²) in [7, 11) is 0. The lowest BCUT2D eigenvalue weighted by atomic mass is 9.99. The smallest absolute Gasteiger partial charge is 0.0906 e. The van der Waals surface area contributed by atoms with Crippen LogP contribution in [0.3, 0.4) is 0 Å². The number of para-hydroxylation sites is 1. The number of benzene rings is 2. The van der Waals surface area contributed by atoms with Crippen molar-refractivity contribution in [3.05, 3.63) is 64.1 Å². The number of anilines is 1. The molecule has 0 amide bonds. The number of hydrogen-bond acceptors (Lipinski definition) is 3. The minimum atomic E-state index is 0.762. The van der Waals surface area contributed by atoms with Gasteiger partial charge in [0.1, 0.15) is 0 Å². The highest BCUT2D eigenvalue weighted by molar-refractivity contribution is 9.10. The van der Waals surface area contributed by atoms with Crippen molar-refractivity contribution in [3.8, 4) is 0 Å². The topological polar surface area (TPSA) is 35.8 Å². The monoisotopic (exact) mass is 330 g/mol. The van der Waals surface area contributed by atoms with Crippen LogP contribution in [0.25, 0.3) is 0 Å². The molecule has 1 N–H and O–H groups in total. The first-order chi connectivity index (χ1) is 9.79. The number of hydrogen-bond donors (Lipinski definition) is 1. The van der Waals surface area contributed by atoms with E-state index in [0.29, 0.717) is 0 Å². The van der Waals surface area contributed by atoms with Gasteiger partial charge in [0, 0.05) is 35.2 Å². The molecule has 102 valence electrons. The molecule has 0 saturated carbocycles. The number of rotatable bonds is 2. The third-order valence-corrected chi connectivity index (χ3v) is 4.39. The van der Waals surface area contributed by atoms with Gasteiger partial charge >= 0.3 is 0 Å². The summed E-state index contributed by atoms with van der Waals surface area (Å²) in [6.07, 6.45) is 0.762. The first-order valence-corrected chi connectivity index (χ1v) is 7.37. The highest BCUT2D eigenvalue weighted by Crippen LogP contribution is 2.29. The van der Waals surface area contributed by atoms with Crippen LogP contribution in [0.15, 0.2) is 58.2 Å². The maximum atomic E-state index is 9.12. The molecule has 0 radical (unpaired) electrons. The van der Waals surface area contributed by atoms with E-state index in [4.69, 9.17) is 5.21 Å². The minimum absolute atomic E-state index is 0.762. The fourth-order valence-electron chi connectivity index (χ4n) is 2.59. The van der Waals surface area contributed by atoms with Gasteiger partial charge in [-0.1, -0.05) is 57.5 Å². The second-order valence-electron chi connectivity index (χ2n) is 4.83. The average molecular weight is 331 g/mol. The van der Waals surface area contributed by atoms with Crippen molar-refractivity contribution >= 4 is 27.3 Å². The molecular formula is C16H15BrN2O. The lowest BCUT2D eigenvalue weighted by Crippen LogP contribution is -2.32. The Labute approximate surface area is 126 Å². The third-order valence-electron chi connectivity index (χ3n) is 3.61. The molecule has 2 aromatic carbocycles. The fourth-order valence-corrected chi connectivity index (χ4v) is 3.00. The van der Waals surface area contributed by atoms with E-state index in [0.717, 1.165) is 40.9 Å². The molecule has 0 aromatic heterocycles. The Hall–Kier alpha value is -1.81. The molecule has 0 unspecified atom stereocenters. The third kappa shape index (κ3) is 2.43. The van der Waals surface area contributed by atoms with Gasteiger partial charge in [0.25, 0.3) is 0 Å². The Morgan fingerprint density at radius 1 is 1.10 bits per heavy atom. The van der Waals surface area contributed by atoms with Crippen LogP contribution >= 0.6 is 15.9 Å². The summed E-state index contributed by atoms with van der Waals surface area (Å²) in [5, 5.41) is 12.5. The summed E-state index contributed by atoms with van der Waals surface area (Å²) in [6, 6.07) is 16.4. The van der Waals surface area contributed by atoms with Gasteiger partial charge in [0.05, 0.1) is 5.71 Å². The van der Waals surface area contributed by atoms with Gasteiger partial charge in [-0.15, -0.1) is 0 Å². The predicted molar refractivity (Wildman–Crippen MR) is 84.6 cm³/mol. The number of halogens is 1. The molecule has 2 aromatic rings. The van der Waals surface area contributed by atoms with Crippen molar-refractivity contribution in [2.75, 3.05) is 11.4 Å². The van der Waals surface area contributed by atoms with Crippen LogP contribution < -0.4 is 4.90 Å². The van der Waals surface area contributed by atoms with Gasteiger partial charge < -0.3 is 10.1 Å². The van der Waals surface area contributed by atoms with E-state index in [2.05, 4.69) is 50.3 Å². The van der Waals surface area contributed by atoms with E-state index in [9.17, 15) is 0 Å². The molecule has 0 spiro atoms. The van der Waals surface area contributed by atoms with E-state index in [1.807, 2.05) is 24.3 Å². The normalized spacial score (nSPS) is 16.2. The van der Waals surface area contributed by atoms with Crippen LogP contribution in [0.2, 0.25) is 0 Å². The van der Waals surface area contributed by atoms with Gasteiger partial charge in [-0.3, -0.25) is 0 Å². The number of fused-ring (bicyclic) bond motifs is 1. The number of nitrogens with zero attached hydrogens (tertiary/aromatic N) is 2. The van der Waals surface area contributed by atoms with Crippen molar-refractivity contribution in [1.29, 1.82) is 0 Å². The summed E-state index contributed by atoms with van der Waals surface area (Å²) in [4.78, 5) is 2.32. The van der Waals surface area contributed by atoms with Crippen LogP contribution in [-0.2, 0) is 6.54 Å². The molecule has 1 aliphatic rings. The van der Waals surface area contributed by atoms with Gasteiger partial charge in [-0.25, -0.2) is 0 Å². The molecule has 0 atom stereocenters. The lowest BCUT2D eigenvalue weighted by molar-refractivity contribution is 0.317. The van der Waals surface area contributed by atoms with E-state index in [1.54, 1.807) is 0 Å². The standard InChI is InChI=1S/C16H15BrN2O/c17-14-7-3-1-5-12(14)11-19-10-9-15(18-20)13-6-2-4-8-16(13)19/h1-8,20H,9-11H2. The van der Waals surface area contributed by atoms with E-state index in [1.165, 1.54) is 5.56 Å². The van der Waals surface area contributed by atoms with Crippen LogP contribution in [-0.4, -0.2) is 17.5 Å². The van der Waals surface area contributed by atoms with Gasteiger partial charge in [-0.05, 0) is 17.7 Å². The molecule has 0 saturated heterocycles. The molecule has 1 heterocycles. The molecule has 20 heavy (non-hydrogen) atoms. The molecule has 0 bridgehead atoms. The second-order valence-corrected chi connectivity index (χ2v) is 5.68. The molecule has 3 rings (SSSR count). The Balaban J connectivity index is 1.95. The summed E-state index contributed by atoms with van der Waals surface area (Å²) < 4.78 is 1.12. The minimum Gasteiger partial charge on any atom is -0.411 e. The van der Waals surface area contributed by atoms with Crippen LogP contribution in [0, 0.1) is 0 Å². The molecule has 3 nitrogen and oxygen atoms in total. The zero-order valence-electron chi connectivity index (χ0n) is 11.0. The van der Waals surface area contributed by atoms with Crippen LogP contribution in [0.1, 0.15) is 17.5 Å². The first-order valence-electron chi connectivity index (χ1n) is 6.58. The average Bonchev–Trinajstić information content (AvgIpc) is 2.50. The lowest BCUT2D eigenvalue weighted by Gasteiger charge is -2.31. The summed E-state index contributed by atoms with van der Waals surface area (Å²) >= 11 is 3.60. The highest BCUT2D eigenvalue weighted by atomic mass is 79.9. The maximum absolute atomic E-state index is 9.12. The molecule has 0 aliphatic carbocycles. The van der Waals surface area contributed by atoms with Crippen LogP contribution in [0.5, 0.6) is 0 Å². The Kier molecular flexibility index (Phi) is 3.74. The van der Waals surface area contributed by atoms with Gasteiger partial charge in [-0.2, -0.15) is 0 Å². The van der Waals surface area contributed by atoms with Crippen molar-refractivity contribution in [2.24, 2.45) is 5.16 Å². The van der Waals surface area contributed by atoms with Crippen LogP contribution in [0.4, 0.5) is 5.69 Å². The summed E-state index contributed by atoms with van der Waals surface area (Å²) in [5.41, 5.74) is 4.17. The Bertz CT molecular complexity index is 654. The zero-order chi connectivity index (χ0) is 13.9. The SMILES string of the molecule is ON=C1CCN(Cc2ccccc2Br)c2ccccc21. The highest BCUT2D eigenvalue weighted by Gasteiger charge is 2.22. The summed E-state index contributed by atoms with van der Waals surface area (Å²) in [5.74, 6) is 0. The van der Waals surface area contributed by atoms with Gasteiger partial charge in [0.2, 0.25) is 0 Å².